The van der Waals surface area contributed by atoms with E-state index in [0.717, 1.165) is 23.0 Å². The summed E-state index contributed by atoms with van der Waals surface area (Å²) in [6.07, 6.45) is 1.19. The Morgan fingerprint density at radius 3 is 2.96 bits per heavy atom. The number of hydrogen-bond acceptors (Lipinski definition) is 2. The van der Waals surface area contributed by atoms with Crippen molar-refractivity contribution in [1.82, 2.24) is 14.8 Å². The van der Waals surface area contributed by atoms with E-state index in [1.165, 1.54) is 16.6 Å². The number of nitrogens with one attached hydrogen (secondary N) is 1. The van der Waals surface area contributed by atoms with Gasteiger partial charge in [0, 0.05) is 65.7 Å². The summed E-state index contributed by atoms with van der Waals surface area (Å²) in [5, 5.41) is 1.18. The first-order chi connectivity index (χ1) is 12.4. The molecule has 1 saturated heterocycles. The minimum absolute atomic E-state index is 0.116. The second-order valence-corrected chi connectivity index (χ2v) is 8.79. The predicted molar refractivity (Wildman–Crippen MR) is 105 cm³/mol. The van der Waals surface area contributed by atoms with Crippen LogP contribution in [0.25, 0.3) is 10.9 Å². The van der Waals surface area contributed by atoms with Crippen molar-refractivity contribution in [3.8, 4) is 0 Å². The van der Waals surface area contributed by atoms with Crippen molar-refractivity contribution in [3.05, 3.63) is 33.9 Å². The quantitative estimate of drug-likeness (QED) is 0.832. The molecule has 0 aliphatic carbocycles. The number of H-pyrrole nitrogens is 1. The number of nitrogens with zero attached hydrogens (tertiary/aromatic N) is 2. The standard InChI is InChI=1S/C20H24BrN3O2/c1-12(2)9-24-10-13(7-19(24)25)20(26)23-6-5-18-16(11-23)15-8-14(21)3-4-17(15)22-18/h3-4,8,12-13,22H,5-7,9-11H2,1-2H3. The van der Waals surface area contributed by atoms with Crippen LogP contribution in [-0.4, -0.2) is 46.2 Å². The maximum absolute atomic E-state index is 13.0. The molecule has 1 N–H and O–H groups in total. The van der Waals surface area contributed by atoms with Crippen molar-refractivity contribution in [3.63, 3.8) is 0 Å². The molecular formula is C20H24BrN3O2. The Kier molecular flexibility index (Phi) is 4.55. The molecule has 1 atom stereocenters. The van der Waals surface area contributed by atoms with Gasteiger partial charge in [0.05, 0.1) is 5.92 Å². The van der Waals surface area contributed by atoms with Crippen molar-refractivity contribution in [2.24, 2.45) is 11.8 Å². The van der Waals surface area contributed by atoms with E-state index >= 15 is 0 Å². The molecule has 3 heterocycles. The highest BCUT2D eigenvalue weighted by Gasteiger charge is 2.37. The van der Waals surface area contributed by atoms with Gasteiger partial charge in [0.25, 0.3) is 0 Å². The monoisotopic (exact) mass is 417 g/mol. The smallest absolute Gasteiger partial charge is 0.228 e. The van der Waals surface area contributed by atoms with Gasteiger partial charge < -0.3 is 14.8 Å². The van der Waals surface area contributed by atoms with Crippen LogP contribution in [0.4, 0.5) is 0 Å². The molecule has 0 saturated carbocycles. The number of rotatable bonds is 3. The van der Waals surface area contributed by atoms with Crippen LogP contribution in [0.15, 0.2) is 22.7 Å². The van der Waals surface area contributed by atoms with Gasteiger partial charge in [-0.1, -0.05) is 29.8 Å². The molecule has 4 rings (SSSR count). The third kappa shape index (κ3) is 3.15. The highest BCUT2D eigenvalue weighted by molar-refractivity contribution is 9.10. The Morgan fingerprint density at radius 1 is 1.38 bits per heavy atom. The number of hydrogen-bond donors (Lipinski definition) is 1. The zero-order valence-electron chi connectivity index (χ0n) is 15.2. The number of likely N-dealkylation sites (tertiary alicyclic amines) is 1. The fraction of sp³-hybridized carbons (Fsp3) is 0.500. The zero-order valence-corrected chi connectivity index (χ0v) is 16.8. The van der Waals surface area contributed by atoms with Gasteiger partial charge in [0.15, 0.2) is 0 Å². The molecule has 26 heavy (non-hydrogen) atoms. The molecule has 0 radical (unpaired) electrons. The Hall–Kier alpha value is -1.82. The fourth-order valence-electron chi connectivity index (χ4n) is 4.19. The van der Waals surface area contributed by atoms with Crippen molar-refractivity contribution >= 4 is 38.6 Å². The predicted octanol–water partition coefficient (Wildman–Crippen LogP) is 3.32. The zero-order chi connectivity index (χ0) is 18.4. The molecule has 1 fully saturated rings. The second-order valence-electron chi connectivity index (χ2n) is 7.88. The molecule has 2 amide bonds. The van der Waals surface area contributed by atoms with E-state index in [1.807, 2.05) is 15.9 Å². The van der Waals surface area contributed by atoms with Crippen LogP contribution in [-0.2, 0) is 22.6 Å². The number of aromatic nitrogens is 1. The van der Waals surface area contributed by atoms with Gasteiger partial charge in [0.1, 0.15) is 0 Å². The normalized spacial score (nSPS) is 20.3. The molecule has 2 aliphatic rings. The molecule has 1 aromatic carbocycles. The largest absolute Gasteiger partial charge is 0.358 e. The van der Waals surface area contributed by atoms with E-state index in [-0.39, 0.29) is 17.7 Å². The van der Waals surface area contributed by atoms with Gasteiger partial charge in [-0.2, -0.15) is 0 Å². The SMILES string of the molecule is CC(C)CN1CC(C(=O)N2CCc3[nH]c4ccc(Br)cc4c3C2)CC1=O. The molecule has 1 aromatic heterocycles. The van der Waals surface area contributed by atoms with E-state index in [4.69, 9.17) is 0 Å². The lowest BCUT2D eigenvalue weighted by Gasteiger charge is -2.29. The summed E-state index contributed by atoms with van der Waals surface area (Å²) in [6.45, 7) is 6.85. The fourth-order valence-corrected chi connectivity index (χ4v) is 4.55. The van der Waals surface area contributed by atoms with Crippen molar-refractivity contribution in [1.29, 1.82) is 0 Å². The van der Waals surface area contributed by atoms with Crippen molar-refractivity contribution in [2.45, 2.75) is 33.2 Å². The van der Waals surface area contributed by atoms with Gasteiger partial charge in [-0.25, -0.2) is 0 Å². The van der Waals surface area contributed by atoms with E-state index in [9.17, 15) is 9.59 Å². The van der Waals surface area contributed by atoms with E-state index < -0.39 is 0 Å². The van der Waals surface area contributed by atoms with Gasteiger partial charge in [0.2, 0.25) is 11.8 Å². The average Bonchev–Trinajstić information content (AvgIpc) is 3.14. The maximum Gasteiger partial charge on any atom is 0.228 e. The molecule has 2 aromatic rings. The van der Waals surface area contributed by atoms with Crippen LogP contribution in [0.3, 0.4) is 0 Å². The Labute approximate surface area is 161 Å². The summed E-state index contributed by atoms with van der Waals surface area (Å²) >= 11 is 3.54. The van der Waals surface area contributed by atoms with Gasteiger partial charge in [-0.15, -0.1) is 0 Å². The number of benzene rings is 1. The lowest BCUT2D eigenvalue weighted by atomic mass is 10.0. The highest BCUT2D eigenvalue weighted by Crippen LogP contribution is 2.31. The topological polar surface area (TPSA) is 56.4 Å². The van der Waals surface area contributed by atoms with Gasteiger partial charge in [-0.05, 0) is 24.1 Å². The maximum atomic E-state index is 13.0. The summed E-state index contributed by atoms with van der Waals surface area (Å²) < 4.78 is 1.04. The number of halogens is 1. The molecule has 0 spiro atoms. The highest BCUT2D eigenvalue weighted by atomic mass is 79.9. The molecule has 138 valence electrons. The molecule has 0 bridgehead atoms. The molecular weight excluding hydrogens is 394 g/mol. The van der Waals surface area contributed by atoms with Crippen LogP contribution in [0.2, 0.25) is 0 Å². The van der Waals surface area contributed by atoms with E-state index in [0.29, 0.717) is 32.0 Å². The van der Waals surface area contributed by atoms with Crippen LogP contribution in [0.1, 0.15) is 31.5 Å². The molecule has 5 nitrogen and oxygen atoms in total. The van der Waals surface area contributed by atoms with Crippen molar-refractivity contribution in [2.75, 3.05) is 19.6 Å². The molecule has 2 aliphatic heterocycles. The number of aromatic amines is 1. The van der Waals surface area contributed by atoms with E-state index in [2.05, 4.69) is 46.9 Å². The summed E-state index contributed by atoms with van der Waals surface area (Å²) in [7, 11) is 0. The summed E-state index contributed by atoms with van der Waals surface area (Å²) in [6, 6.07) is 6.21. The van der Waals surface area contributed by atoms with Crippen LogP contribution >= 0.6 is 15.9 Å². The number of carbonyl (C=O) groups excluding carboxylic acids is 2. The minimum atomic E-state index is -0.195. The lowest BCUT2D eigenvalue weighted by Crippen LogP contribution is -2.40. The third-order valence-electron chi connectivity index (χ3n) is 5.40. The Bertz CT molecular complexity index is 873. The number of fused-ring (bicyclic) bond motifs is 3. The average molecular weight is 418 g/mol. The van der Waals surface area contributed by atoms with Gasteiger partial charge in [-0.3, -0.25) is 9.59 Å². The number of amides is 2. The Balaban J connectivity index is 1.52. The summed E-state index contributed by atoms with van der Waals surface area (Å²) in [4.78, 5) is 32.5. The first-order valence-corrected chi connectivity index (χ1v) is 10.1. The Morgan fingerprint density at radius 2 is 2.19 bits per heavy atom. The van der Waals surface area contributed by atoms with Crippen molar-refractivity contribution < 1.29 is 9.59 Å². The van der Waals surface area contributed by atoms with Crippen LogP contribution < -0.4 is 0 Å². The first-order valence-electron chi connectivity index (χ1n) is 9.28. The number of carbonyl (C=O) groups is 2. The van der Waals surface area contributed by atoms with Gasteiger partial charge >= 0.3 is 0 Å². The summed E-state index contributed by atoms with van der Waals surface area (Å²) in [5.74, 6) is 0.472. The first kappa shape index (κ1) is 17.6. The lowest BCUT2D eigenvalue weighted by molar-refractivity contribution is -0.136. The summed E-state index contributed by atoms with van der Waals surface area (Å²) in [5.41, 5.74) is 3.56. The van der Waals surface area contributed by atoms with E-state index in [1.54, 1.807) is 0 Å². The van der Waals surface area contributed by atoms with Crippen LogP contribution in [0, 0.1) is 11.8 Å². The molecule has 1 unspecified atom stereocenters. The third-order valence-corrected chi connectivity index (χ3v) is 5.89. The minimum Gasteiger partial charge on any atom is -0.358 e. The van der Waals surface area contributed by atoms with Crippen LogP contribution in [0.5, 0.6) is 0 Å². The molecule has 6 heteroatoms. The second kappa shape index (κ2) is 6.72.